The predicted octanol–water partition coefficient (Wildman–Crippen LogP) is -2.84. The van der Waals surface area contributed by atoms with Crippen LogP contribution in [0.25, 0.3) is 0 Å². The van der Waals surface area contributed by atoms with Gasteiger partial charge in [-0.2, -0.15) is 0 Å². The summed E-state index contributed by atoms with van der Waals surface area (Å²) >= 11 is 0. The Bertz CT molecular complexity index is 989. The molecular formula is C41H82O22. The first-order valence-electron chi connectivity index (χ1n) is 22.1. The van der Waals surface area contributed by atoms with Gasteiger partial charge in [-0.15, -0.1) is 0 Å². The van der Waals surface area contributed by atoms with Gasteiger partial charge in [-0.3, -0.25) is 4.79 Å². The van der Waals surface area contributed by atoms with E-state index >= 15 is 0 Å². The van der Waals surface area contributed by atoms with Crippen molar-refractivity contribution in [3.05, 3.63) is 0 Å². The fourth-order valence-electron chi connectivity index (χ4n) is 5.23. The van der Waals surface area contributed by atoms with Crippen molar-refractivity contribution in [1.29, 1.82) is 0 Å². The van der Waals surface area contributed by atoms with Crippen molar-refractivity contribution in [2.75, 3.05) is 126 Å². The quantitative estimate of drug-likeness (QED) is 0.0166. The van der Waals surface area contributed by atoms with E-state index in [2.05, 4.69) is 6.92 Å². The maximum atomic E-state index is 11.9. The smallest absolute Gasteiger partial charge is 0.305 e. The third-order valence-corrected chi connectivity index (χ3v) is 8.53. The summed E-state index contributed by atoms with van der Waals surface area (Å²) in [5.41, 5.74) is 0. The van der Waals surface area contributed by atoms with E-state index in [4.69, 9.17) is 57.6 Å². The lowest BCUT2D eigenvalue weighted by Gasteiger charge is -2.19. The molecule has 0 aliphatic rings. The summed E-state index contributed by atoms with van der Waals surface area (Å²) in [6, 6.07) is 0. The molecule has 0 aliphatic heterocycles. The normalized spacial score (nSPS) is 16.8. The summed E-state index contributed by atoms with van der Waals surface area (Å²) < 4.78 is 51.7. The van der Waals surface area contributed by atoms with E-state index in [0.29, 0.717) is 6.42 Å². The topological polar surface area (TPSA) is 332 Å². The Kier molecular flexibility index (Phi) is 42.3. The Labute approximate surface area is 371 Å². The molecule has 0 saturated heterocycles. The number of esters is 1. The van der Waals surface area contributed by atoms with Crippen LogP contribution in [0.1, 0.15) is 71.1 Å². The van der Waals surface area contributed by atoms with E-state index in [1.54, 1.807) is 0 Å². The van der Waals surface area contributed by atoms with Crippen molar-refractivity contribution in [1.82, 2.24) is 0 Å². The molecule has 22 nitrogen and oxygen atoms in total. The summed E-state index contributed by atoms with van der Waals surface area (Å²) in [4.78, 5) is 11.9. The van der Waals surface area contributed by atoms with Crippen molar-refractivity contribution < 1.29 is 108 Å². The summed E-state index contributed by atoms with van der Waals surface area (Å²) in [6.45, 7) is -1.76. The molecule has 22 heteroatoms. The third kappa shape index (κ3) is 43.0. The third-order valence-electron chi connectivity index (χ3n) is 8.53. The largest absolute Gasteiger partial charge is 0.463 e. The van der Waals surface area contributed by atoms with Crippen LogP contribution in [0.3, 0.4) is 0 Å². The Morgan fingerprint density at radius 3 is 0.952 bits per heavy atom. The van der Waals surface area contributed by atoms with Crippen LogP contribution in [0.5, 0.6) is 0 Å². The maximum Gasteiger partial charge on any atom is 0.305 e. The summed E-state index contributed by atoms with van der Waals surface area (Å²) in [6.07, 6.45) is -0.382. The van der Waals surface area contributed by atoms with Gasteiger partial charge in [0.2, 0.25) is 0 Å². The fourth-order valence-corrected chi connectivity index (χ4v) is 5.23. The van der Waals surface area contributed by atoms with E-state index < -0.39 is 67.8 Å². The highest BCUT2D eigenvalue weighted by atomic mass is 16.6. The van der Waals surface area contributed by atoms with Crippen molar-refractivity contribution in [3.63, 3.8) is 0 Å². The number of unbranched alkanes of at least 4 members (excludes halogenated alkanes) is 8. The summed E-state index contributed by atoms with van der Waals surface area (Å²) in [7, 11) is 0. The number of hydrogen-bond acceptors (Lipinski definition) is 22. The van der Waals surface area contributed by atoms with Gasteiger partial charge in [0.1, 0.15) is 61.5 Å². The molecule has 0 radical (unpaired) electrons. The van der Waals surface area contributed by atoms with Crippen molar-refractivity contribution >= 4 is 5.97 Å². The Morgan fingerprint density at radius 2 is 0.619 bits per heavy atom. The second-order valence-electron chi connectivity index (χ2n) is 15.4. The standard InChI is InChI=1S/C41H82O22/c1-2-3-4-5-6-7-8-9-10-11-40(52)62-28-38(50)26-59-22-35(47)20-56-18-33(45)16-55-17-34(46)19-57-21-36(48)23-60-27-39(51)29-63-41(53)30-61-25-37(49)24-58-15-32(44)14-54-13-31(43)12-42/h31-39,41-51,53H,2-30H2,1H3. The van der Waals surface area contributed by atoms with E-state index in [9.17, 15) is 50.8 Å². The van der Waals surface area contributed by atoms with E-state index in [-0.39, 0.29) is 125 Å². The molecule has 0 aromatic rings. The van der Waals surface area contributed by atoms with Crippen LogP contribution < -0.4 is 0 Å². The van der Waals surface area contributed by atoms with Gasteiger partial charge in [0.15, 0.2) is 6.29 Å². The lowest BCUT2D eigenvalue weighted by Crippen LogP contribution is -2.32. The molecule has 11 N–H and O–H groups in total. The molecule has 0 aliphatic carbocycles. The van der Waals surface area contributed by atoms with E-state index in [1.807, 2.05) is 0 Å². The first kappa shape index (κ1) is 61.7. The van der Waals surface area contributed by atoms with Crippen LogP contribution in [0.4, 0.5) is 0 Å². The highest BCUT2D eigenvalue weighted by Crippen LogP contribution is 2.11. The number of rotatable bonds is 48. The summed E-state index contributed by atoms with van der Waals surface area (Å²) in [5, 5.41) is 107. The second kappa shape index (κ2) is 43.3. The first-order valence-corrected chi connectivity index (χ1v) is 22.1. The minimum Gasteiger partial charge on any atom is -0.463 e. The number of carbonyl (C=O) groups excluding carboxylic acids is 1. The highest BCUT2D eigenvalue weighted by molar-refractivity contribution is 5.69. The zero-order valence-corrected chi connectivity index (χ0v) is 37.2. The lowest BCUT2D eigenvalue weighted by atomic mass is 10.1. The minimum atomic E-state index is -1.42. The average Bonchev–Trinajstić information content (AvgIpc) is 3.24. The van der Waals surface area contributed by atoms with Gasteiger partial charge < -0.3 is 104 Å². The highest BCUT2D eigenvalue weighted by Gasteiger charge is 2.16. The monoisotopic (exact) mass is 927 g/mol. The molecule has 0 aromatic carbocycles. The Balaban J connectivity index is 3.75. The van der Waals surface area contributed by atoms with Crippen LogP contribution >= 0.6 is 0 Å². The second-order valence-corrected chi connectivity index (χ2v) is 15.4. The SMILES string of the molecule is CCCCCCCCCCCC(=O)OCC(O)COCC(O)COCC(O)COCC(O)COCC(O)COCC(O)COC(O)COCC(O)COCC(O)COCC(O)CO. The zero-order valence-electron chi connectivity index (χ0n) is 37.2. The van der Waals surface area contributed by atoms with Gasteiger partial charge in [0.05, 0.1) is 119 Å². The molecule has 0 saturated carbocycles. The predicted molar refractivity (Wildman–Crippen MR) is 222 cm³/mol. The number of carbonyl (C=O) groups is 1. The van der Waals surface area contributed by atoms with Gasteiger partial charge in [-0.05, 0) is 6.42 Å². The molecule has 0 amide bonds. The summed E-state index contributed by atoms with van der Waals surface area (Å²) in [5.74, 6) is -0.364. The van der Waals surface area contributed by atoms with E-state index in [0.717, 1.165) is 19.3 Å². The van der Waals surface area contributed by atoms with Gasteiger partial charge in [-0.25, -0.2) is 0 Å². The van der Waals surface area contributed by atoms with E-state index in [1.165, 1.54) is 38.5 Å². The molecule has 0 heterocycles. The van der Waals surface area contributed by atoms with Crippen LogP contribution in [-0.2, 0) is 52.2 Å². The number of hydrogen-bond donors (Lipinski definition) is 11. The average molecular weight is 927 g/mol. The Morgan fingerprint density at radius 1 is 0.349 bits per heavy atom. The number of aliphatic hydroxyl groups excluding tert-OH is 11. The van der Waals surface area contributed by atoms with Crippen LogP contribution in [0, 0.1) is 0 Å². The molecule has 0 aromatic heterocycles. The molecule has 0 spiro atoms. The molecule has 10 unspecified atom stereocenters. The molecule has 378 valence electrons. The van der Waals surface area contributed by atoms with Crippen molar-refractivity contribution in [3.8, 4) is 0 Å². The zero-order chi connectivity index (χ0) is 46.9. The maximum absolute atomic E-state index is 11.9. The molecule has 0 bridgehead atoms. The van der Waals surface area contributed by atoms with Crippen LogP contribution in [-0.4, -0.2) is 249 Å². The number of aliphatic hydroxyl groups is 11. The van der Waals surface area contributed by atoms with Crippen LogP contribution in [0.2, 0.25) is 0 Å². The number of ether oxygens (including phenoxy) is 10. The minimum absolute atomic E-state index is 0.137. The van der Waals surface area contributed by atoms with Crippen LogP contribution in [0.15, 0.2) is 0 Å². The molecular weight excluding hydrogens is 844 g/mol. The molecule has 10 atom stereocenters. The fraction of sp³-hybridized carbons (Fsp3) is 0.976. The first-order chi connectivity index (χ1) is 30.2. The Hall–Kier alpha value is -1.33. The van der Waals surface area contributed by atoms with Gasteiger partial charge >= 0.3 is 5.97 Å². The lowest BCUT2D eigenvalue weighted by molar-refractivity contribution is -0.165. The molecule has 0 fully saturated rings. The van der Waals surface area contributed by atoms with Gasteiger partial charge in [-0.1, -0.05) is 58.3 Å². The van der Waals surface area contributed by atoms with Gasteiger partial charge in [0.25, 0.3) is 0 Å². The molecule has 63 heavy (non-hydrogen) atoms. The van der Waals surface area contributed by atoms with Crippen molar-refractivity contribution in [2.24, 2.45) is 0 Å². The van der Waals surface area contributed by atoms with Crippen molar-refractivity contribution in [2.45, 2.75) is 132 Å². The molecule has 0 rings (SSSR count). The van der Waals surface area contributed by atoms with Gasteiger partial charge in [0, 0.05) is 6.42 Å².